The Morgan fingerprint density at radius 2 is 1.69 bits per heavy atom. The van der Waals surface area contributed by atoms with Crippen LogP contribution in [0.1, 0.15) is 36.8 Å². The van der Waals surface area contributed by atoms with Crippen LogP contribution in [0.4, 0.5) is 0 Å². The highest BCUT2D eigenvalue weighted by atomic mass is 35.5. The molecule has 0 bridgehead atoms. The lowest BCUT2D eigenvalue weighted by atomic mass is 9.89. The third-order valence-corrected chi connectivity index (χ3v) is 6.88. The predicted molar refractivity (Wildman–Crippen MR) is 118 cm³/mol. The van der Waals surface area contributed by atoms with Gasteiger partial charge in [-0.3, -0.25) is 4.79 Å². The van der Waals surface area contributed by atoms with Crippen LogP contribution in [0.5, 0.6) is 0 Å². The summed E-state index contributed by atoms with van der Waals surface area (Å²) < 4.78 is 0. The van der Waals surface area contributed by atoms with E-state index in [-0.39, 0.29) is 5.92 Å². The summed E-state index contributed by atoms with van der Waals surface area (Å²) in [5.74, 6) is 1.30. The van der Waals surface area contributed by atoms with Crippen molar-refractivity contribution in [1.82, 2.24) is 4.90 Å². The van der Waals surface area contributed by atoms with E-state index in [1.165, 1.54) is 16.0 Å². The van der Waals surface area contributed by atoms with Gasteiger partial charge in [0.25, 0.3) is 0 Å². The van der Waals surface area contributed by atoms with Gasteiger partial charge in [0.05, 0.1) is 19.0 Å². The first kappa shape index (κ1) is 20.4. The molecule has 0 radical (unpaired) electrons. The smallest absolute Gasteiger partial charge is 0.231 e. The van der Waals surface area contributed by atoms with Crippen LogP contribution < -0.4 is 4.90 Å². The molecule has 0 aromatic heterocycles. The molecule has 2 aliphatic rings. The maximum Gasteiger partial charge on any atom is 0.231 e. The van der Waals surface area contributed by atoms with Gasteiger partial charge >= 0.3 is 0 Å². The van der Waals surface area contributed by atoms with Crippen molar-refractivity contribution in [2.75, 3.05) is 26.2 Å². The summed E-state index contributed by atoms with van der Waals surface area (Å²) >= 11 is 6.00. The number of nitrogens with one attached hydrogen (secondary N) is 1. The molecule has 2 saturated heterocycles. The lowest BCUT2D eigenvalue weighted by Gasteiger charge is -2.36. The molecule has 1 amide bonds. The van der Waals surface area contributed by atoms with E-state index in [1.807, 2.05) is 12.1 Å². The summed E-state index contributed by atoms with van der Waals surface area (Å²) in [4.78, 5) is 16.8. The number of nitrogens with zero attached hydrogens (tertiary/aromatic N) is 1. The molecule has 2 fully saturated rings. The molecule has 0 aliphatic carbocycles. The van der Waals surface area contributed by atoms with Crippen LogP contribution in [-0.4, -0.2) is 37.0 Å². The molecule has 2 heterocycles. The van der Waals surface area contributed by atoms with Gasteiger partial charge < -0.3 is 9.80 Å². The Hall–Kier alpha value is -1.84. The number of hydrogen-bond acceptors (Lipinski definition) is 1. The van der Waals surface area contributed by atoms with E-state index < -0.39 is 0 Å². The molecule has 1 unspecified atom stereocenters. The largest absolute Gasteiger partial charge is 0.342 e. The Bertz CT molecular complexity index is 784. The minimum absolute atomic E-state index is 0.191. The predicted octanol–water partition coefficient (Wildman–Crippen LogP) is 3.62. The molecule has 0 spiro atoms. The number of carbonyl (C=O) groups is 1. The second-order valence-electron chi connectivity index (χ2n) is 8.80. The van der Waals surface area contributed by atoms with Crippen LogP contribution in [-0.2, 0) is 17.8 Å². The SMILES string of the molecule is O=C([C@@H]1CCC[NH+](Cc2ccc(Cl)cc2)C1)N1CCC(Cc2ccccc2)CC1. The lowest BCUT2D eigenvalue weighted by Crippen LogP contribution is -3.12. The van der Waals surface area contributed by atoms with Gasteiger partial charge in [-0.1, -0.05) is 54.1 Å². The molecule has 4 rings (SSSR count). The first-order chi connectivity index (χ1) is 14.2. The highest BCUT2D eigenvalue weighted by Gasteiger charge is 2.33. The number of quaternary nitrogens is 1. The number of piperidine rings is 2. The summed E-state index contributed by atoms with van der Waals surface area (Å²) in [6.45, 7) is 4.97. The van der Waals surface area contributed by atoms with Crippen molar-refractivity contribution in [3.63, 3.8) is 0 Å². The van der Waals surface area contributed by atoms with E-state index in [2.05, 4.69) is 47.4 Å². The Kier molecular flexibility index (Phi) is 6.89. The number of benzene rings is 2. The molecular weight excluding hydrogens is 380 g/mol. The van der Waals surface area contributed by atoms with Gasteiger partial charge in [0.15, 0.2) is 0 Å². The highest BCUT2D eigenvalue weighted by molar-refractivity contribution is 6.30. The van der Waals surface area contributed by atoms with E-state index in [9.17, 15) is 4.79 Å². The summed E-state index contributed by atoms with van der Waals surface area (Å²) in [7, 11) is 0. The van der Waals surface area contributed by atoms with Crippen LogP contribution in [0.25, 0.3) is 0 Å². The molecule has 2 atom stereocenters. The number of likely N-dealkylation sites (tertiary alicyclic amines) is 2. The van der Waals surface area contributed by atoms with Gasteiger partial charge in [-0.05, 0) is 55.7 Å². The fraction of sp³-hybridized carbons (Fsp3) is 0.480. The van der Waals surface area contributed by atoms with Crippen molar-refractivity contribution in [3.05, 3.63) is 70.7 Å². The number of amides is 1. The van der Waals surface area contributed by atoms with Gasteiger partial charge in [-0.25, -0.2) is 0 Å². The Morgan fingerprint density at radius 1 is 0.966 bits per heavy atom. The van der Waals surface area contributed by atoms with Gasteiger partial charge in [0, 0.05) is 23.7 Å². The average Bonchev–Trinajstić information content (AvgIpc) is 2.76. The van der Waals surface area contributed by atoms with Crippen molar-refractivity contribution in [3.8, 4) is 0 Å². The number of carbonyl (C=O) groups excluding carboxylic acids is 1. The maximum atomic E-state index is 13.2. The molecule has 154 valence electrons. The highest BCUT2D eigenvalue weighted by Crippen LogP contribution is 2.23. The van der Waals surface area contributed by atoms with Crippen molar-refractivity contribution in [1.29, 1.82) is 0 Å². The standard InChI is InChI=1S/C25H31ClN2O/c26-24-10-8-22(9-11-24)18-27-14-4-7-23(19-27)25(29)28-15-12-21(13-16-28)17-20-5-2-1-3-6-20/h1-3,5-6,8-11,21,23H,4,7,12-19H2/p+1/t23-/m1/s1. The van der Waals surface area contributed by atoms with Crippen LogP contribution in [0.2, 0.25) is 5.02 Å². The summed E-state index contributed by atoms with van der Waals surface area (Å²) in [6.07, 6.45) is 5.60. The zero-order valence-electron chi connectivity index (χ0n) is 17.2. The van der Waals surface area contributed by atoms with E-state index in [0.29, 0.717) is 11.8 Å². The van der Waals surface area contributed by atoms with Crippen molar-refractivity contribution in [2.24, 2.45) is 11.8 Å². The monoisotopic (exact) mass is 411 g/mol. The number of hydrogen-bond donors (Lipinski definition) is 1. The zero-order valence-corrected chi connectivity index (χ0v) is 17.9. The first-order valence-corrected chi connectivity index (χ1v) is 11.5. The molecule has 3 nitrogen and oxygen atoms in total. The van der Waals surface area contributed by atoms with Crippen molar-refractivity contribution >= 4 is 17.5 Å². The third-order valence-electron chi connectivity index (χ3n) is 6.63. The molecule has 29 heavy (non-hydrogen) atoms. The number of rotatable bonds is 5. The molecular formula is C25H32ClN2O+. The molecule has 4 heteroatoms. The topological polar surface area (TPSA) is 24.8 Å². The molecule has 2 aliphatic heterocycles. The Morgan fingerprint density at radius 3 is 2.41 bits per heavy atom. The maximum absolute atomic E-state index is 13.2. The molecule has 2 aromatic carbocycles. The fourth-order valence-corrected chi connectivity index (χ4v) is 5.10. The Balaban J connectivity index is 1.26. The number of halogens is 1. The van der Waals surface area contributed by atoms with E-state index >= 15 is 0 Å². The summed E-state index contributed by atoms with van der Waals surface area (Å²) in [5.41, 5.74) is 2.73. The Labute approximate surface area is 179 Å². The molecule has 1 N–H and O–H groups in total. The summed E-state index contributed by atoms with van der Waals surface area (Å²) in [6, 6.07) is 18.9. The summed E-state index contributed by atoms with van der Waals surface area (Å²) in [5, 5.41) is 0.783. The minimum atomic E-state index is 0.191. The minimum Gasteiger partial charge on any atom is -0.342 e. The first-order valence-electron chi connectivity index (χ1n) is 11.1. The van der Waals surface area contributed by atoms with Crippen LogP contribution >= 0.6 is 11.6 Å². The normalized spacial score (nSPS) is 23.1. The van der Waals surface area contributed by atoms with Gasteiger partial charge in [0.1, 0.15) is 6.54 Å². The van der Waals surface area contributed by atoms with Gasteiger partial charge in [0.2, 0.25) is 5.91 Å². The van der Waals surface area contributed by atoms with Gasteiger partial charge in [-0.15, -0.1) is 0 Å². The second-order valence-corrected chi connectivity index (χ2v) is 9.24. The van der Waals surface area contributed by atoms with E-state index in [1.54, 1.807) is 0 Å². The van der Waals surface area contributed by atoms with Crippen molar-refractivity contribution in [2.45, 2.75) is 38.6 Å². The van der Waals surface area contributed by atoms with Crippen molar-refractivity contribution < 1.29 is 9.69 Å². The molecule has 2 aromatic rings. The quantitative estimate of drug-likeness (QED) is 0.798. The second kappa shape index (κ2) is 9.77. The molecule has 0 saturated carbocycles. The van der Waals surface area contributed by atoms with E-state index in [0.717, 1.165) is 69.9 Å². The van der Waals surface area contributed by atoms with Crippen LogP contribution in [0.15, 0.2) is 54.6 Å². The fourth-order valence-electron chi connectivity index (χ4n) is 4.98. The average molecular weight is 412 g/mol. The lowest BCUT2D eigenvalue weighted by molar-refractivity contribution is -0.921. The van der Waals surface area contributed by atoms with Crippen LogP contribution in [0.3, 0.4) is 0 Å². The van der Waals surface area contributed by atoms with Gasteiger partial charge in [-0.2, -0.15) is 0 Å². The zero-order chi connectivity index (χ0) is 20.1. The van der Waals surface area contributed by atoms with E-state index in [4.69, 9.17) is 11.6 Å². The third kappa shape index (κ3) is 5.61. The van der Waals surface area contributed by atoms with Crippen LogP contribution in [0, 0.1) is 11.8 Å².